The SMILES string of the molecule is CCC(C)N(C)c1ncc(CNC(C)(C)C)cc1Cl. The highest BCUT2D eigenvalue weighted by Crippen LogP contribution is 2.25. The Morgan fingerprint density at radius 3 is 2.53 bits per heavy atom. The normalized spacial score (nSPS) is 13.4. The minimum absolute atomic E-state index is 0.0959. The monoisotopic (exact) mass is 283 g/mol. The molecule has 0 radical (unpaired) electrons. The highest BCUT2D eigenvalue weighted by atomic mass is 35.5. The van der Waals surface area contributed by atoms with Gasteiger partial charge in [0.05, 0.1) is 5.02 Å². The Hall–Kier alpha value is -0.800. The van der Waals surface area contributed by atoms with Crippen LogP contribution in [0.25, 0.3) is 0 Å². The first-order valence-electron chi connectivity index (χ1n) is 6.87. The first-order valence-corrected chi connectivity index (χ1v) is 7.24. The van der Waals surface area contributed by atoms with Gasteiger partial charge in [0, 0.05) is 31.4 Å². The Morgan fingerprint density at radius 1 is 1.42 bits per heavy atom. The number of halogens is 1. The molecule has 1 rings (SSSR count). The lowest BCUT2D eigenvalue weighted by molar-refractivity contribution is 0.424. The molecular formula is C15H26ClN3. The summed E-state index contributed by atoms with van der Waals surface area (Å²) in [6.07, 6.45) is 2.97. The number of rotatable bonds is 5. The Morgan fingerprint density at radius 2 is 2.05 bits per heavy atom. The van der Waals surface area contributed by atoms with Crippen LogP contribution >= 0.6 is 11.6 Å². The number of hydrogen-bond acceptors (Lipinski definition) is 3. The van der Waals surface area contributed by atoms with E-state index in [1.54, 1.807) is 0 Å². The summed E-state index contributed by atoms with van der Waals surface area (Å²) >= 11 is 6.34. The second-order valence-electron chi connectivity index (χ2n) is 6.12. The Kier molecular flexibility index (Phi) is 5.63. The zero-order valence-corrected chi connectivity index (χ0v) is 13.7. The molecule has 1 atom stereocenters. The molecular weight excluding hydrogens is 258 g/mol. The van der Waals surface area contributed by atoms with Crippen LogP contribution in [0.5, 0.6) is 0 Å². The third-order valence-corrected chi connectivity index (χ3v) is 3.57. The van der Waals surface area contributed by atoms with Crippen molar-refractivity contribution in [2.45, 2.75) is 59.2 Å². The lowest BCUT2D eigenvalue weighted by Gasteiger charge is -2.26. The summed E-state index contributed by atoms with van der Waals surface area (Å²) in [6.45, 7) is 11.6. The van der Waals surface area contributed by atoms with E-state index in [-0.39, 0.29) is 5.54 Å². The fourth-order valence-corrected chi connectivity index (χ4v) is 2.00. The molecule has 0 saturated heterocycles. The molecule has 1 aromatic rings. The zero-order chi connectivity index (χ0) is 14.6. The van der Waals surface area contributed by atoms with Crippen molar-refractivity contribution >= 4 is 17.4 Å². The van der Waals surface area contributed by atoms with Gasteiger partial charge in [-0.25, -0.2) is 4.98 Å². The van der Waals surface area contributed by atoms with Gasteiger partial charge in [-0.2, -0.15) is 0 Å². The van der Waals surface area contributed by atoms with Gasteiger partial charge in [0.2, 0.25) is 0 Å². The van der Waals surface area contributed by atoms with Gasteiger partial charge in [-0.1, -0.05) is 18.5 Å². The Labute approximate surface area is 122 Å². The second-order valence-corrected chi connectivity index (χ2v) is 6.53. The van der Waals surface area contributed by atoms with Crippen molar-refractivity contribution in [2.24, 2.45) is 0 Å². The predicted molar refractivity (Wildman–Crippen MR) is 84.0 cm³/mol. The molecule has 0 bridgehead atoms. The molecule has 0 saturated carbocycles. The van der Waals surface area contributed by atoms with E-state index in [4.69, 9.17) is 11.6 Å². The fourth-order valence-electron chi connectivity index (χ4n) is 1.68. The third kappa shape index (κ3) is 5.00. The van der Waals surface area contributed by atoms with Gasteiger partial charge in [-0.3, -0.25) is 0 Å². The molecule has 0 amide bonds. The molecule has 0 aliphatic rings. The molecule has 1 heterocycles. The topological polar surface area (TPSA) is 28.2 Å². The van der Waals surface area contributed by atoms with Gasteiger partial charge in [-0.15, -0.1) is 0 Å². The van der Waals surface area contributed by atoms with Gasteiger partial charge in [0.1, 0.15) is 5.82 Å². The molecule has 0 aliphatic heterocycles. The second kappa shape index (κ2) is 6.58. The lowest BCUT2D eigenvalue weighted by atomic mass is 10.1. The maximum Gasteiger partial charge on any atom is 0.147 e. The summed E-state index contributed by atoms with van der Waals surface area (Å²) in [5.74, 6) is 0.857. The molecule has 0 aromatic carbocycles. The molecule has 19 heavy (non-hydrogen) atoms. The van der Waals surface area contributed by atoms with Crippen molar-refractivity contribution in [3.8, 4) is 0 Å². The molecule has 1 aromatic heterocycles. The van der Waals surface area contributed by atoms with Crippen molar-refractivity contribution in [2.75, 3.05) is 11.9 Å². The summed E-state index contributed by atoms with van der Waals surface area (Å²) < 4.78 is 0. The molecule has 108 valence electrons. The Balaban J connectivity index is 2.80. The summed E-state index contributed by atoms with van der Waals surface area (Å²) in [7, 11) is 2.04. The number of anilines is 1. The standard InChI is InChI=1S/C15H26ClN3/c1-7-11(2)19(6)14-13(16)8-12(9-17-14)10-18-15(3,4)5/h8-9,11,18H,7,10H2,1-6H3. The van der Waals surface area contributed by atoms with Gasteiger partial charge in [-0.05, 0) is 45.7 Å². The molecule has 1 unspecified atom stereocenters. The van der Waals surface area contributed by atoms with Crippen LogP contribution in [0.4, 0.5) is 5.82 Å². The van der Waals surface area contributed by atoms with Crippen molar-refractivity contribution in [3.05, 3.63) is 22.8 Å². The largest absolute Gasteiger partial charge is 0.356 e. The maximum atomic E-state index is 6.34. The molecule has 0 fully saturated rings. The number of nitrogens with one attached hydrogen (secondary N) is 1. The smallest absolute Gasteiger partial charge is 0.147 e. The van der Waals surface area contributed by atoms with Crippen LogP contribution in [0.1, 0.15) is 46.6 Å². The highest BCUT2D eigenvalue weighted by molar-refractivity contribution is 6.33. The van der Waals surface area contributed by atoms with Gasteiger partial charge in [0.25, 0.3) is 0 Å². The van der Waals surface area contributed by atoms with E-state index < -0.39 is 0 Å². The van der Waals surface area contributed by atoms with Gasteiger partial charge in [0.15, 0.2) is 0 Å². The first kappa shape index (κ1) is 16.3. The molecule has 3 nitrogen and oxygen atoms in total. The van der Waals surface area contributed by atoms with Crippen molar-refractivity contribution < 1.29 is 0 Å². The molecule has 0 aliphatic carbocycles. The van der Waals surface area contributed by atoms with Crippen LogP contribution in [0.3, 0.4) is 0 Å². The number of hydrogen-bond donors (Lipinski definition) is 1. The number of pyridine rings is 1. The summed E-state index contributed by atoms with van der Waals surface area (Å²) in [4.78, 5) is 6.63. The van der Waals surface area contributed by atoms with Crippen LogP contribution in [-0.2, 0) is 6.54 Å². The number of aromatic nitrogens is 1. The molecule has 0 spiro atoms. The maximum absolute atomic E-state index is 6.34. The van der Waals surface area contributed by atoms with Crippen LogP contribution < -0.4 is 10.2 Å². The van der Waals surface area contributed by atoms with E-state index in [1.807, 2.05) is 19.3 Å². The van der Waals surface area contributed by atoms with Crippen LogP contribution in [0.2, 0.25) is 5.02 Å². The fraction of sp³-hybridized carbons (Fsp3) is 0.667. The van der Waals surface area contributed by atoms with Crippen molar-refractivity contribution in [3.63, 3.8) is 0 Å². The van der Waals surface area contributed by atoms with Crippen LogP contribution in [-0.4, -0.2) is 23.6 Å². The van der Waals surface area contributed by atoms with E-state index in [9.17, 15) is 0 Å². The summed E-state index contributed by atoms with van der Waals surface area (Å²) in [5.41, 5.74) is 1.21. The average molecular weight is 284 g/mol. The molecule has 1 N–H and O–H groups in total. The van der Waals surface area contributed by atoms with Crippen molar-refractivity contribution in [1.82, 2.24) is 10.3 Å². The average Bonchev–Trinajstić information content (AvgIpc) is 2.34. The third-order valence-electron chi connectivity index (χ3n) is 3.29. The minimum atomic E-state index is 0.0959. The predicted octanol–water partition coefficient (Wildman–Crippen LogP) is 3.86. The lowest BCUT2D eigenvalue weighted by Crippen LogP contribution is -2.35. The minimum Gasteiger partial charge on any atom is -0.356 e. The quantitative estimate of drug-likeness (QED) is 0.889. The van der Waals surface area contributed by atoms with Crippen LogP contribution in [0.15, 0.2) is 12.3 Å². The van der Waals surface area contributed by atoms with Crippen LogP contribution in [0, 0.1) is 0 Å². The summed E-state index contributed by atoms with van der Waals surface area (Å²) in [5, 5.41) is 4.15. The Bertz CT molecular complexity index is 412. The van der Waals surface area contributed by atoms with Gasteiger partial charge < -0.3 is 10.2 Å². The first-order chi connectivity index (χ1) is 8.74. The van der Waals surface area contributed by atoms with E-state index in [2.05, 4.69) is 49.8 Å². The molecule has 4 heteroatoms. The van der Waals surface area contributed by atoms with E-state index >= 15 is 0 Å². The van der Waals surface area contributed by atoms with E-state index in [1.165, 1.54) is 0 Å². The summed E-state index contributed by atoms with van der Waals surface area (Å²) in [6, 6.07) is 2.44. The number of nitrogens with zero attached hydrogens (tertiary/aromatic N) is 2. The van der Waals surface area contributed by atoms with Crippen molar-refractivity contribution in [1.29, 1.82) is 0 Å². The van der Waals surface area contributed by atoms with Gasteiger partial charge >= 0.3 is 0 Å². The van der Waals surface area contributed by atoms with E-state index in [0.717, 1.165) is 29.4 Å². The van der Waals surface area contributed by atoms with E-state index in [0.29, 0.717) is 6.04 Å². The zero-order valence-electron chi connectivity index (χ0n) is 12.9. The highest BCUT2D eigenvalue weighted by Gasteiger charge is 2.14.